The third-order valence-corrected chi connectivity index (χ3v) is 9.75. The van der Waals surface area contributed by atoms with Crippen molar-refractivity contribution in [1.82, 2.24) is 15.3 Å². The maximum absolute atomic E-state index is 10.5. The number of carbonyl (C=O) groups excluding carboxylic acids is 1. The molecule has 0 spiro atoms. The van der Waals surface area contributed by atoms with Crippen molar-refractivity contribution in [3.63, 3.8) is 0 Å². The first-order valence-corrected chi connectivity index (χ1v) is 16.9. The van der Waals surface area contributed by atoms with Crippen LogP contribution in [0.4, 0.5) is 0 Å². The molecule has 0 aromatic carbocycles. The van der Waals surface area contributed by atoms with Gasteiger partial charge in [0, 0.05) is 43.1 Å². The second-order valence-corrected chi connectivity index (χ2v) is 13.5. The van der Waals surface area contributed by atoms with Gasteiger partial charge in [0.15, 0.2) is 0 Å². The number of hydrogen-bond acceptors (Lipinski definition) is 4. The summed E-state index contributed by atoms with van der Waals surface area (Å²) < 4.78 is 5.77. The van der Waals surface area contributed by atoms with E-state index in [1.807, 2.05) is 20.0 Å². The Balaban J connectivity index is 0.000000338. The molecule has 42 heavy (non-hydrogen) atoms. The molecule has 2 aliphatic rings. The lowest BCUT2D eigenvalue weighted by Gasteiger charge is -2.30. The van der Waals surface area contributed by atoms with Crippen molar-refractivity contribution in [2.75, 3.05) is 13.2 Å². The minimum absolute atomic E-state index is 0.211. The summed E-state index contributed by atoms with van der Waals surface area (Å²) in [5.41, 5.74) is 4.65. The fourth-order valence-electron chi connectivity index (χ4n) is 5.92. The number of imidazole rings is 1. The average Bonchev–Trinajstić information content (AvgIpc) is 3.41. The molecule has 3 N–H and O–H groups in total. The molecular formula is C36H66N4O2. The number of rotatable bonds is 11. The first-order chi connectivity index (χ1) is 19.8. The molecule has 1 saturated carbocycles. The number of carbonyl (C=O) groups is 1. The number of H-pyrrole nitrogens is 1. The highest BCUT2D eigenvalue weighted by atomic mass is 16.5. The molecule has 1 aliphatic carbocycles. The van der Waals surface area contributed by atoms with Crippen molar-refractivity contribution in [2.24, 2.45) is 29.6 Å². The van der Waals surface area contributed by atoms with Crippen LogP contribution in [0.5, 0.6) is 0 Å². The Morgan fingerprint density at radius 3 is 2.14 bits per heavy atom. The zero-order valence-corrected chi connectivity index (χ0v) is 29.2. The van der Waals surface area contributed by atoms with Crippen LogP contribution in [0.1, 0.15) is 144 Å². The van der Waals surface area contributed by atoms with Crippen LogP contribution in [0.2, 0.25) is 0 Å². The van der Waals surface area contributed by atoms with Crippen molar-refractivity contribution in [2.45, 2.75) is 146 Å². The molecule has 1 aromatic heterocycles. The van der Waals surface area contributed by atoms with E-state index in [9.17, 15) is 4.79 Å². The maximum Gasteiger partial charge on any atom is 0.220 e. The molecule has 1 aliphatic heterocycles. The summed E-state index contributed by atoms with van der Waals surface area (Å²) in [6.45, 7) is 25.6. The molecule has 6 heteroatoms. The lowest BCUT2D eigenvalue weighted by molar-refractivity contribution is -0.122. The van der Waals surface area contributed by atoms with Gasteiger partial charge in [-0.05, 0) is 101 Å². The highest BCUT2D eigenvalue weighted by Gasteiger charge is 2.25. The zero-order valence-electron chi connectivity index (χ0n) is 29.2. The molecule has 6 nitrogen and oxygen atoms in total. The van der Waals surface area contributed by atoms with Crippen molar-refractivity contribution < 1.29 is 9.53 Å². The SMILES string of the molecule is CC1CCC(=O)NC1.CCC(C)=C(C(C)=N)C(C)C(C)CCOC(C)CC.Cc1ncc(C(C)C2CCC(C)CC2)[nH]1. The fourth-order valence-corrected chi connectivity index (χ4v) is 5.92. The Morgan fingerprint density at radius 2 is 1.69 bits per heavy atom. The Labute approximate surface area is 259 Å². The number of aromatic nitrogens is 2. The standard InChI is InChI=1S/C17H33NO.C13H22N2.C6H11NO/c1-8-12(3)17(16(7)18)15(6)13(4)10-11-19-14(5)9-2;1-9-4-6-12(7-5-9)10(2)13-8-14-11(3)15-13;1-5-2-3-6(8)7-4-5/h13-15,18H,8-11H2,1-7H3;8-10,12H,4-7H2,1-3H3,(H,14,15);5H,2-4H2,1H3,(H,7,8). The quantitative estimate of drug-likeness (QED) is 0.226. The second-order valence-electron chi connectivity index (χ2n) is 13.5. The van der Waals surface area contributed by atoms with Gasteiger partial charge < -0.3 is 20.4 Å². The summed E-state index contributed by atoms with van der Waals surface area (Å²) in [6.07, 6.45) is 12.9. The van der Waals surface area contributed by atoms with Gasteiger partial charge in [0.2, 0.25) is 5.91 Å². The average molecular weight is 587 g/mol. The second kappa shape index (κ2) is 20.1. The first-order valence-electron chi connectivity index (χ1n) is 16.9. The molecule has 2 heterocycles. The molecule has 5 atom stereocenters. The van der Waals surface area contributed by atoms with E-state index in [1.165, 1.54) is 42.5 Å². The third kappa shape index (κ3) is 14.0. The normalized spacial score (nSPS) is 24.0. The zero-order chi connectivity index (χ0) is 31.8. The minimum atomic E-state index is 0.211. The van der Waals surface area contributed by atoms with Gasteiger partial charge in [-0.2, -0.15) is 0 Å². The predicted octanol–water partition coefficient (Wildman–Crippen LogP) is 9.41. The van der Waals surface area contributed by atoms with Crippen molar-refractivity contribution in [3.05, 3.63) is 28.9 Å². The van der Waals surface area contributed by atoms with Gasteiger partial charge in [0.05, 0.1) is 6.10 Å². The molecule has 1 aromatic rings. The summed E-state index contributed by atoms with van der Waals surface area (Å²) >= 11 is 0. The first kappa shape index (κ1) is 38.1. The highest BCUT2D eigenvalue weighted by molar-refractivity contribution is 5.96. The van der Waals surface area contributed by atoms with Crippen LogP contribution >= 0.6 is 0 Å². The smallest absolute Gasteiger partial charge is 0.220 e. The van der Waals surface area contributed by atoms with Gasteiger partial charge >= 0.3 is 0 Å². The fraction of sp³-hybridized carbons (Fsp3) is 0.806. The van der Waals surface area contributed by atoms with Crippen LogP contribution in [-0.4, -0.2) is 40.8 Å². The molecule has 5 unspecified atom stereocenters. The van der Waals surface area contributed by atoms with Crippen molar-refractivity contribution in [3.8, 4) is 0 Å². The lowest BCUT2D eigenvalue weighted by atomic mass is 9.76. The highest BCUT2D eigenvalue weighted by Crippen LogP contribution is 2.37. The number of nitrogens with one attached hydrogen (secondary N) is 3. The van der Waals surface area contributed by atoms with E-state index in [0.29, 0.717) is 29.8 Å². The van der Waals surface area contributed by atoms with Crippen molar-refractivity contribution >= 4 is 11.6 Å². The maximum atomic E-state index is 10.5. The minimum Gasteiger partial charge on any atom is -0.379 e. The number of amides is 1. The number of nitrogens with zero attached hydrogens (tertiary/aromatic N) is 1. The molecule has 3 rings (SSSR count). The van der Waals surface area contributed by atoms with Gasteiger partial charge in [-0.15, -0.1) is 0 Å². The van der Waals surface area contributed by atoms with E-state index in [-0.39, 0.29) is 5.91 Å². The summed E-state index contributed by atoms with van der Waals surface area (Å²) in [5, 5.41) is 10.8. The third-order valence-electron chi connectivity index (χ3n) is 9.75. The van der Waals surface area contributed by atoms with Gasteiger partial charge in [0.1, 0.15) is 5.82 Å². The molecule has 1 amide bonds. The molecule has 0 radical (unpaired) electrons. The number of aromatic amines is 1. The van der Waals surface area contributed by atoms with Crippen LogP contribution in [0.25, 0.3) is 0 Å². The number of aryl methyl sites for hydroxylation is 1. The number of hydrogen-bond donors (Lipinski definition) is 3. The van der Waals surface area contributed by atoms with Gasteiger partial charge in [-0.25, -0.2) is 4.98 Å². The largest absolute Gasteiger partial charge is 0.379 e. The lowest BCUT2D eigenvalue weighted by Crippen LogP contribution is -2.33. The number of allylic oxidation sites excluding steroid dienone is 2. The van der Waals surface area contributed by atoms with E-state index in [1.54, 1.807) is 0 Å². The van der Waals surface area contributed by atoms with E-state index < -0.39 is 0 Å². The Kier molecular flexibility index (Phi) is 18.2. The summed E-state index contributed by atoms with van der Waals surface area (Å²) in [6, 6.07) is 0. The van der Waals surface area contributed by atoms with E-state index >= 15 is 0 Å². The van der Waals surface area contributed by atoms with Gasteiger partial charge in [-0.3, -0.25) is 4.79 Å². The van der Waals surface area contributed by atoms with Crippen LogP contribution in [0, 0.1) is 41.9 Å². The summed E-state index contributed by atoms with van der Waals surface area (Å²) in [7, 11) is 0. The number of piperidine rings is 1. The Hall–Kier alpha value is -1.95. The van der Waals surface area contributed by atoms with Crippen LogP contribution in [0.15, 0.2) is 17.3 Å². The Bertz CT molecular complexity index is 934. The van der Waals surface area contributed by atoms with Gasteiger partial charge in [0.25, 0.3) is 0 Å². The molecule has 0 bridgehead atoms. The molecule has 2 fully saturated rings. The van der Waals surface area contributed by atoms with Crippen LogP contribution in [-0.2, 0) is 9.53 Å². The topological polar surface area (TPSA) is 90.9 Å². The van der Waals surface area contributed by atoms with E-state index in [0.717, 1.165) is 68.6 Å². The van der Waals surface area contributed by atoms with E-state index in [4.69, 9.17) is 10.1 Å². The summed E-state index contributed by atoms with van der Waals surface area (Å²) in [5.74, 6) is 5.40. The van der Waals surface area contributed by atoms with Crippen LogP contribution < -0.4 is 5.32 Å². The summed E-state index contributed by atoms with van der Waals surface area (Å²) in [4.78, 5) is 18.2. The Morgan fingerprint density at radius 1 is 1.05 bits per heavy atom. The van der Waals surface area contributed by atoms with E-state index in [2.05, 4.69) is 77.6 Å². The number of ether oxygens (including phenoxy) is 1. The monoisotopic (exact) mass is 587 g/mol. The van der Waals surface area contributed by atoms with Crippen molar-refractivity contribution in [1.29, 1.82) is 5.41 Å². The molecular weight excluding hydrogens is 520 g/mol. The molecule has 242 valence electrons. The van der Waals surface area contributed by atoms with Crippen LogP contribution in [0.3, 0.4) is 0 Å². The predicted molar refractivity (Wildman–Crippen MR) is 179 cm³/mol. The van der Waals surface area contributed by atoms with Gasteiger partial charge in [-0.1, -0.05) is 66.9 Å². The molecule has 1 saturated heterocycles.